The zero-order valence-corrected chi connectivity index (χ0v) is 13.2. The van der Waals surface area contributed by atoms with Gasteiger partial charge in [-0.1, -0.05) is 30.7 Å². The van der Waals surface area contributed by atoms with Crippen LogP contribution >= 0.6 is 0 Å². The molecule has 2 aromatic rings. The number of likely N-dealkylation sites (tertiary alicyclic amines) is 1. The number of nitrogens with zero attached hydrogens (tertiary/aromatic N) is 1. The summed E-state index contributed by atoms with van der Waals surface area (Å²) < 4.78 is 0. The van der Waals surface area contributed by atoms with Crippen molar-refractivity contribution in [2.75, 3.05) is 18.4 Å². The molecule has 0 bridgehead atoms. The first kappa shape index (κ1) is 15.6. The molecule has 0 radical (unpaired) electrons. The Kier molecular flexibility index (Phi) is 4.93. The maximum Gasteiger partial charge on any atom is 0.255 e. The van der Waals surface area contributed by atoms with E-state index < -0.39 is 0 Å². The SMILES string of the molecule is O=C(Nc1ccccc1O)c1ccc(CN2CCCCC2)cc1. The monoisotopic (exact) mass is 310 g/mol. The highest BCUT2D eigenvalue weighted by Gasteiger charge is 2.12. The van der Waals surface area contributed by atoms with Crippen LogP contribution in [0.4, 0.5) is 5.69 Å². The summed E-state index contributed by atoms with van der Waals surface area (Å²) in [6.07, 6.45) is 3.89. The molecular weight excluding hydrogens is 288 g/mol. The molecule has 1 fully saturated rings. The van der Waals surface area contributed by atoms with Gasteiger partial charge in [-0.15, -0.1) is 0 Å². The lowest BCUT2D eigenvalue weighted by molar-refractivity contribution is 0.102. The van der Waals surface area contributed by atoms with Crippen molar-refractivity contribution in [1.82, 2.24) is 4.90 Å². The molecule has 1 aliphatic heterocycles. The Balaban J connectivity index is 1.62. The van der Waals surface area contributed by atoms with E-state index in [1.807, 2.05) is 24.3 Å². The molecule has 1 amide bonds. The van der Waals surface area contributed by atoms with E-state index in [1.54, 1.807) is 24.3 Å². The minimum atomic E-state index is -0.212. The number of hydrogen-bond acceptors (Lipinski definition) is 3. The van der Waals surface area contributed by atoms with Gasteiger partial charge in [-0.25, -0.2) is 0 Å². The number of anilines is 1. The molecule has 0 saturated carbocycles. The van der Waals surface area contributed by atoms with Gasteiger partial charge in [0.25, 0.3) is 5.91 Å². The fourth-order valence-corrected chi connectivity index (χ4v) is 2.91. The van der Waals surface area contributed by atoms with Gasteiger partial charge >= 0.3 is 0 Å². The van der Waals surface area contributed by atoms with Gasteiger partial charge in [0.05, 0.1) is 5.69 Å². The lowest BCUT2D eigenvalue weighted by Crippen LogP contribution is -2.29. The normalized spacial score (nSPS) is 15.3. The van der Waals surface area contributed by atoms with Crippen LogP contribution in [-0.4, -0.2) is 29.0 Å². The van der Waals surface area contributed by atoms with Gasteiger partial charge in [-0.3, -0.25) is 9.69 Å². The van der Waals surface area contributed by atoms with Crippen LogP contribution in [0.1, 0.15) is 35.2 Å². The predicted octanol–water partition coefficient (Wildman–Crippen LogP) is 3.63. The highest BCUT2D eigenvalue weighted by Crippen LogP contribution is 2.22. The molecule has 2 N–H and O–H groups in total. The highest BCUT2D eigenvalue weighted by atomic mass is 16.3. The summed E-state index contributed by atoms with van der Waals surface area (Å²) in [5, 5.41) is 12.4. The van der Waals surface area contributed by atoms with E-state index in [-0.39, 0.29) is 11.7 Å². The van der Waals surface area contributed by atoms with Crippen LogP contribution < -0.4 is 5.32 Å². The molecule has 23 heavy (non-hydrogen) atoms. The largest absolute Gasteiger partial charge is 0.506 e. The van der Waals surface area contributed by atoms with Crippen LogP contribution in [0.2, 0.25) is 0 Å². The molecule has 120 valence electrons. The topological polar surface area (TPSA) is 52.6 Å². The number of carbonyl (C=O) groups is 1. The second kappa shape index (κ2) is 7.29. The van der Waals surface area contributed by atoms with Crippen LogP contribution in [0.25, 0.3) is 0 Å². The minimum Gasteiger partial charge on any atom is -0.506 e. The van der Waals surface area contributed by atoms with Crippen LogP contribution in [-0.2, 0) is 6.54 Å². The number of para-hydroxylation sites is 2. The van der Waals surface area contributed by atoms with Crippen LogP contribution in [0, 0.1) is 0 Å². The number of benzene rings is 2. The Morgan fingerprint density at radius 1 is 1.00 bits per heavy atom. The van der Waals surface area contributed by atoms with Gasteiger partial charge in [0.1, 0.15) is 5.75 Å². The van der Waals surface area contributed by atoms with E-state index in [0.717, 1.165) is 19.6 Å². The smallest absolute Gasteiger partial charge is 0.255 e. The molecule has 0 unspecified atom stereocenters. The van der Waals surface area contributed by atoms with Crippen molar-refractivity contribution >= 4 is 11.6 Å². The van der Waals surface area contributed by atoms with E-state index in [9.17, 15) is 9.90 Å². The third-order valence-corrected chi connectivity index (χ3v) is 4.22. The van der Waals surface area contributed by atoms with Crippen molar-refractivity contribution in [1.29, 1.82) is 0 Å². The first-order valence-electron chi connectivity index (χ1n) is 8.13. The van der Waals surface area contributed by atoms with Crippen LogP contribution in [0.3, 0.4) is 0 Å². The summed E-state index contributed by atoms with van der Waals surface area (Å²) in [6, 6.07) is 14.4. The Labute approximate surface area is 136 Å². The van der Waals surface area contributed by atoms with E-state index in [2.05, 4.69) is 10.2 Å². The second-order valence-corrected chi connectivity index (χ2v) is 6.01. The number of aromatic hydroxyl groups is 1. The number of phenolic OH excluding ortho intramolecular Hbond substituents is 1. The molecule has 4 heteroatoms. The average molecular weight is 310 g/mol. The zero-order valence-electron chi connectivity index (χ0n) is 13.2. The average Bonchev–Trinajstić information content (AvgIpc) is 2.58. The van der Waals surface area contributed by atoms with Crippen molar-refractivity contribution in [3.63, 3.8) is 0 Å². The number of carbonyl (C=O) groups excluding carboxylic acids is 1. The molecule has 3 rings (SSSR count). The summed E-state index contributed by atoms with van der Waals surface area (Å²) in [5.41, 5.74) is 2.25. The number of phenols is 1. The van der Waals surface area contributed by atoms with Gasteiger partial charge in [0, 0.05) is 12.1 Å². The highest BCUT2D eigenvalue weighted by molar-refractivity contribution is 6.04. The number of rotatable bonds is 4. The van der Waals surface area contributed by atoms with E-state index in [4.69, 9.17) is 0 Å². The van der Waals surface area contributed by atoms with Crippen molar-refractivity contribution in [3.8, 4) is 5.75 Å². The number of hydrogen-bond donors (Lipinski definition) is 2. The van der Waals surface area contributed by atoms with Gasteiger partial charge in [-0.05, 0) is 55.8 Å². The first-order chi connectivity index (χ1) is 11.2. The van der Waals surface area contributed by atoms with Crippen molar-refractivity contribution in [2.24, 2.45) is 0 Å². The van der Waals surface area contributed by atoms with Crippen LogP contribution in [0.5, 0.6) is 5.75 Å². The molecule has 1 saturated heterocycles. The predicted molar refractivity (Wildman–Crippen MR) is 91.6 cm³/mol. The third-order valence-electron chi connectivity index (χ3n) is 4.22. The molecule has 0 aromatic heterocycles. The van der Waals surface area contributed by atoms with Crippen molar-refractivity contribution in [2.45, 2.75) is 25.8 Å². The molecule has 0 spiro atoms. The summed E-state index contributed by atoms with van der Waals surface area (Å²) in [5.74, 6) is -0.140. The Hall–Kier alpha value is -2.33. The van der Waals surface area contributed by atoms with Crippen molar-refractivity contribution in [3.05, 3.63) is 59.7 Å². The Bertz CT molecular complexity index is 661. The fourth-order valence-electron chi connectivity index (χ4n) is 2.91. The molecule has 0 aliphatic carbocycles. The zero-order chi connectivity index (χ0) is 16.1. The molecule has 4 nitrogen and oxygen atoms in total. The van der Waals surface area contributed by atoms with Gasteiger partial charge in [0.2, 0.25) is 0 Å². The maximum atomic E-state index is 12.2. The lowest BCUT2D eigenvalue weighted by Gasteiger charge is -2.26. The summed E-state index contributed by atoms with van der Waals surface area (Å²) in [6.45, 7) is 3.27. The van der Waals surface area contributed by atoms with E-state index >= 15 is 0 Å². The quantitative estimate of drug-likeness (QED) is 0.848. The van der Waals surface area contributed by atoms with Crippen LogP contribution in [0.15, 0.2) is 48.5 Å². The molecular formula is C19H22N2O2. The number of piperidine rings is 1. The summed E-state index contributed by atoms with van der Waals surface area (Å²) in [4.78, 5) is 14.7. The Morgan fingerprint density at radius 2 is 1.70 bits per heavy atom. The molecule has 1 aliphatic rings. The molecule has 2 aromatic carbocycles. The fraction of sp³-hybridized carbons (Fsp3) is 0.316. The van der Waals surface area contributed by atoms with Gasteiger partial charge < -0.3 is 10.4 Å². The second-order valence-electron chi connectivity index (χ2n) is 6.01. The number of nitrogens with one attached hydrogen (secondary N) is 1. The maximum absolute atomic E-state index is 12.2. The van der Waals surface area contributed by atoms with E-state index in [0.29, 0.717) is 11.3 Å². The minimum absolute atomic E-state index is 0.0718. The van der Waals surface area contributed by atoms with Gasteiger partial charge in [0.15, 0.2) is 0 Å². The third kappa shape index (κ3) is 4.11. The standard InChI is InChI=1S/C19H22N2O2/c22-18-7-3-2-6-17(18)20-19(23)16-10-8-15(9-11-16)14-21-12-4-1-5-13-21/h2-3,6-11,22H,1,4-5,12-14H2,(H,20,23). The number of amides is 1. The summed E-state index contributed by atoms with van der Waals surface area (Å²) in [7, 11) is 0. The van der Waals surface area contributed by atoms with Crippen molar-refractivity contribution < 1.29 is 9.90 Å². The first-order valence-corrected chi connectivity index (χ1v) is 8.13. The molecule has 0 atom stereocenters. The summed E-state index contributed by atoms with van der Waals surface area (Å²) >= 11 is 0. The molecule has 1 heterocycles. The Morgan fingerprint density at radius 3 is 2.39 bits per heavy atom. The van der Waals surface area contributed by atoms with Gasteiger partial charge in [-0.2, -0.15) is 0 Å². The lowest BCUT2D eigenvalue weighted by atomic mass is 10.1. The van der Waals surface area contributed by atoms with E-state index in [1.165, 1.54) is 24.8 Å².